The smallest absolute Gasteiger partial charge is 0.329 e. The number of halogens is 2. The lowest BCUT2D eigenvalue weighted by Crippen LogP contribution is -2.44. The summed E-state index contributed by atoms with van der Waals surface area (Å²) in [5.41, 5.74) is 0.619. The van der Waals surface area contributed by atoms with Gasteiger partial charge in [0, 0.05) is 31.9 Å². The van der Waals surface area contributed by atoms with E-state index in [-0.39, 0.29) is 42.0 Å². The molecule has 0 aliphatic carbocycles. The maximum Gasteiger partial charge on any atom is 0.329 e. The molecule has 0 atom stereocenters. The number of aromatic amines is 1. The Morgan fingerprint density at radius 1 is 1.19 bits per heavy atom. The molecule has 2 aliphatic rings. The summed E-state index contributed by atoms with van der Waals surface area (Å²) in [4.78, 5) is 47.2. The highest BCUT2D eigenvalue weighted by Crippen LogP contribution is 2.37. The van der Waals surface area contributed by atoms with Crippen LogP contribution in [0.5, 0.6) is 0 Å². The van der Waals surface area contributed by atoms with Gasteiger partial charge in [-0.3, -0.25) is 19.1 Å². The molecule has 0 saturated carbocycles. The number of amides is 1. The van der Waals surface area contributed by atoms with Crippen LogP contribution in [0.25, 0.3) is 11.0 Å². The Labute approximate surface area is 193 Å². The van der Waals surface area contributed by atoms with Gasteiger partial charge in [-0.25, -0.2) is 9.78 Å². The summed E-state index contributed by atoms with van der Waals surface area (Å²) in [6.45, 7) is 9.61. The third-order valence-electron chi connectivity index (χ3n) is 6.55. The van der Waals surface area contributed by atoms with Crippen LogP contribution in [0.4, 0.5) is 0 Å². The minimum Gasteiger partial charge on any atom is -0.339 e. The Balaban J connectivity index is 0.00000171. The average Bonchev–Trinajstić information content (AvgIpc) is 3.15. The van der Waals surface area contributed by atoms with E-state index >= 15 is 0 Å². The van der Waals surface area contributed by atoms with Crippen molar-refractivity contribution in [3.05, 3.63) is 38.2 Å². The lowest BCUT2D eigenvalue weighted by atomic mass is 9.77. The summed E-state index contributed by atoms with van der Waals surface area (Å²) in [6.07, 6.45) is 3.11. The van der Waals surface area contributed by atoms with E-state index < -0.39 is 11.2 Å². The van der Waals surface area contributed by atoms with Gasteiger partial charge in [-0.05, 0) is 50.1 Å². The van der Waals surface area contributed by atoms with Crippen molar-refractivity contribution in [3.8, 4) is 0 Å². The molecule has 2 saturated heterocycles. The number of fused-ring (bicyclic) bond motifs is 1. The van der Waals surface area contributed by atoms with Gasteiger partial charge >= 0.3 is 5.69 Å². The van der Waals surface area contributed by atoms with Gasteiger partial charge in [-0.15, -0.1) is 24.8 Å². The first-order valence-electron chi connectivity index (χ1n) is 10.5. The van der Waals surface area contributed by atoms with Crippen LogP contribution in [0.2, 0.25) is 0 Å². The number of carbonyl (C=O) groups is 1. The van der Waals surface area contributed by atoms with Crippen LogP contribution in [0, 0.1) is 5.41 Å². The lowest BCUT2D eigenvalue weighted by Gasteiger charge is -2.39. The largest absolute Gasteiger partial charge is 0.339 e. The fraction of sp³-hybridized carbons (Fsp3) is 0.619. The summed E-state index contributed by atoms with van der Waals surface area (Å²) < 4.78 is 1.43. The van der Waals surface area contributed by atoms with Crippen molar-refractivity contribution >= 4 is 41.8 Å². The molecule has 31 heavy (non-hydrogen) atoms. The van der Waals surface area contributed by atoms with E-state index in [1.807, 2.05) is 25.7 Å². The summed E-state index contributed by atoms with van der Waals surface area (Å²) in [7, 11) is 0. The number of piperidine rings is 1. The van der Waals surface area contributed by atoms with Crippen LogP contribution in [0.1, 0.15) is 62.0 Å². The molecular weight excluding hydrogens is 441 g/mol. The molecule has 0 bridgehead atoms. The molecule has 0 aromatic carbocycles. The molecule has 0 radical (unpaired) electrons. The lowest BCUT2D eigenvalue weighted by molar-refractivity contribution is 0.0609. The fourth-order valence-electron chi connectivity index (χ4n) is 4.63. The maximum atomic E-state index is 13.5. The van der Waals surface area contributed by atoms with Crippen LogP contribution in [0.15, 0.2) is 15.7 Å². The number of hydrogen-bond donors (Lipinski definition) is 2. The van der Waals surface area contributed by atoms with Gasteiger partial charge < -0.3 is 10.2 Å². The highest BCUT2D eigenvalue weighted by atomic mass is 35.5. The van der Waals surface area contributed by atoms with Crippen LogP contribution in [-0.4, -0.2) is 51.5 Å². The van der Waals surface area contributed by atoms with Crippen molar-refractivity contribution in [2.24, 2.45) is 5.41 Å². The monoisotopic (exact) mass is 471 g/mol. The first-order chi connectivity index (χ1) is 13.8. The highest BCUT2D eigenvalue weighted by molar-refractivity contribution is 6.05. The Hall–Kier alpha value is -1.90. The van der Waals surface area contributed by atoms with Crippen LogP contribution < -0.4 is 16.6 Å². The van der Waals surface area contributed by atoms with Crippen LogP contribution in [-0.2, 0) is 6.54 Å². The van der Waals surface area contributed by atoms with Gasteiger partial charge in [-0.1, -0.05) is 13.8 Å². The molecule has 4 heterocycles. The van der Waals surface area contributed by atoms with Gasteiger partial charge in [0.1, 0.15) is 0 Å². The number of carbonyl (C=O) groups excluding carboxylic acids is 1. The second-order valence-corrected chi connectivity index (χ2v) is 8.67. The first-order valence-corrected chi connectivity index (χ1v) is 10.5. The molecule has 0 unspecified atom stereocenters. The normalized spacial score (nSPS) is 17.6. The Morgan fingerprint density at radius 3 is 2.42 bits per heavy atom. The average molecular weight is 472 g/mol. The van der Waals surface area contributed by atoms with Crippen LogP contribution in [0.3, 0.4) is 0 Å². The van der Waals surface area contributed by atoms with Gasteiger partial charge in [0.25, 0.3) is 11.5 Å². The number of likely N-dealkylation sites (tertiary alicyclic amines) is 1. The van der Waals surface area contributed by atoms with Gasteiger partial charge in [0.15, 0.2) is 5.65 Å². The van der Waals surface area contributed by atoms with Crippen molar-refractivity contribution < 1.29 is 4.79 Å². The van der Waals surface area contributed by atoms with Gasteiger partial charge in [0.05, 0.1) is 10.9 Å². The van der Waals surface area contributed by atoms with Crippen molar-refractivity contribution in [2.45, 2.75) is 52.5 Å². The summed E-state index contributed by atoms with van der Waals surface area (Å²) in [5, 5.41) is 3.65. The van der Waals surface area contributed by atoms with Crippen molar-refractivity contribution in [3.63, 3.8) is 0 Å². The number of pyridine rings is 1. The molecular formula is C21H31Cl2N5O3. The molecule has 2 aromatic rings. The molecule has 2 aromatic heterocycles. The number of rotatable bonds is 3. The third kappa shape index (κ3) is 4.52. The number of aromatic nitrogens is 3. The zero-order chi connectivity index (χ0) is 20.8. The van der Waals surface area contributed by atoms with Crippen LogP contribution >= 0.6 is 24.8 Å². The van der Waals surface area contributed by atoms with E-state index in [2.05, 4.69) is 15.3 Å². The summed E-state index contributed by atoms with van der Waals surface area (Å²) >= 11 is 0. The molecule has 1 spiro atoms. The molecule has 2 aliphatic heterocycles. The number of nitrogens with zero attached hydrogens (tertiary/aromatic N) is 3. The van der Waals surface area contributed by atoms with Gasteiger partial charge in [0.2, 0.25) is 0 Å². The Morgan fingerprint density at radius 2 is 1.87 bits per heavy atom. The van der Waals surface area contributed by atoms with E-state index in [4.69, 9.17) is 0 Å². The topological polar surface area (TPSA) is 100 Å². The van der Waals surface area contributed by atoms with E-state index in [0.29, 0.717) is 42.0 Å². The first kappa shape index (κ1) is 25.4. The van der Waals surface area contributed by atoms with Gasteiger partial charge in [-0.2, -0.15) is 0 Å². The minimum atomic E-state index is -0.547. The van der Waals surface area contributed by atoms with Crippen molar-refractivity contribution in [1.29, 1.82) is 0 Å². The van der Waals surface area contributed by atoms with Crippen molar-refractivity contribution in [2.75, 3.05) is 26.2 Å². The zero-order valence-electron chi connectivity index (χ0n) is 18.2. The predicted molar refractivity (Wildman–Crippen MR) is 126 cm³/mol. The van der Waals surface area contributed by atoms with E-state index in [0.717, 1.165) is 32.4 Å². The second-order valence-electron chi connectivity index (χ2n) is 8.67. The maximum absolute atomic E-state index is 13.5. The molecule has 10 heteroatoms. The number of hydrogen-bond acceptors (Lipinski definition) is 5. The quantitative estimate of drug-likeness (QED) is 0.714. The SMILES string of the molecule is CCn1c(=O)[nH]c(=O)c2c(C(=O)N3CCC4(CCNC4)CC3)cc(C(C)C)nc21.Cl.Cl. The number of aryl methyl sites for hydroxylation is 1. The Kier molecular flexibility index (Phi) is 7.94. The molecule has 2 fully saturated rings. The third-order valence-corrected chi connectivity index (χ3v) is 6.55. The summed E-state index contributed by atoms with van der Waals surface area (Å²) in [5.74, 6) is -0.0771. The summed E-state index contributed by atoms with van der Waals surface area (Å²) in [6, 6.07) is 1.73. The zero-order valence-corrected chi connectivity index (χ0v) is 19.8. The minimum absolute atomic E-state index is 0. The van der Waals surface area contributed by atoms with E-state index in [1.165, 1.54) is 4.57 Å². The molecule has 172 valence electrons. The number of H-pyrrole nitrogens is 1. The Bertz CT molecular complexity index is 1060. The predicted octanol–water partition coefficient (Wildman–Crippen LogP) is 2.29. The molecule has 2 N–H and O–H groups in total. The van der Waals surface area contributed by atoms with E-state index in [9.17, 15) is 14.4 Å². The van der Waals surface area contributed by atoms with E-state index in [1.54, 1.807) is 6.07 Å². The molecule has 4 rings (SSSR count). The second kappa shape index (κ2) is 9.71. The van der Waals surface area contributed by atoms with Crippen molar-refractivity contribution in [1.82, 2.24) is 24.8 Å². The molecule has 1 amide bonds. The number of nitrogens with one attached hydrogen (secondary N) is 2. The standard InChI is InChI=1S/C21H29N5O3.2ClH/c1-4-26-17-16(18(27)24-20(26)29)14(11-15(23-17)13(2)3)19(28)25-9-6-21(7-10-25)5-8-22-12-21;;/h11,13,22H,4-10,12H2,1-3H3,(H,24,27,29);2*1H. The molecule has 8 nitrogen and oxygen atoms in total. The highest BCUT2D eigenvalue weighted by Gasteiger charge is 2.38. The fourth-order valence-corrected chi connectivity index (χ4v) is 4.63.